The summed E-state index contributed by atoms with van der Waals surface area (Å²) >= 11 is 0. The number of hydrogen-bond donors (Lipinski definition) is 2. The van der Waals surface area contributed by atoms with Gasteiger partial charge < -0.3 is 20.1 Å². The minimum atomic E-state index is 0.294. The number of aliphatic imine (C=N–C) groups is 1. The highest BCUT2D eigenvalue weighted by molar-refractivity contribution is 5.79. The number of aryl methyl sites for hydroxylation is 2. The predicted molar refractivity (Wildman–Crippen MR) is 102 cm³/mol. The molecule has 0 bridgehead atoms. The van der Waals surface area contributed by atoms with Crippen molar-refractivity contribution in [2.45, 2.75) is 33.9 Å². The highest BCUT2D eigenvalue weighted by atomic mass is 16.7. The molecule has 0 saturated carbocycles. The molecule has 7 nitrogen and oxygen atoms in total. The van der Waals surface area contributed by atoms with Crippen LogP contribution in [0.25, 0.3) is 0 Å². The Balaban J connectivity index is 1.46. The molecule has 7 heteroatoms. The topological polar surface area (TPSA) is 72.7 Å². The monoisotopic (exact) mass is 357 g/mol. The van der Waals surface area contributed by atoms with E-state index in [1.165, 1.54) is 5.69 Å². The number of benzene rings is 1. The quantitative estimate of drug-likeness (QED) is 0.613. The van der Waals surface area contributed by atoms with E-state index < -0.39 is 0 Å². The van der Waals surface area contributed by atoms with Gasteiger partial charge in [0.05, 0.1) is 5.69 Å². The molecule has 0 aliphatic carbocycles. The van der Waals surface area contributed by atoms with Crippen LogP contribution in [0.2, 0.25) is 0 Å². The molecule has 2 heterocycles. The van der Waals surface area contributed by atoms with Gasteiger partial charge in [-0.2, -0.15) is 5.10 Å². The van der Waals surface area contributed by atoms with Crippen LogP contribution in [0.3, 0.4) is 0 Å². The van der Waals surface area contributed by atoms with E-state index in [-0.39, 0.29) is 0 Å². The smallest absolute Gasteiger partial charge is 0.231 e. The molecule has 3 rings (SSSR count). The standard InChI is InChI=1S/C19H27N5O2/c1-13(11-24-15(3)7-14(2)23-24)9-21-19(20-4)22-10-16-5-6-17-18(8-16)26-12-25-17/h5-8,13H,9-12H2,1-4H3,(H2,20,21,22). The number of nitrogens with one attached hydrogen (secondary N) is 2. The summed E-state index contributed by atoms with van der Waals surface area (Å²) in [5.74, 6) is 2.81. The minimum Gasteiger partial charge on any atom is -0.454 e. The zero-order valence-corrected chi connectivity index (χ0v) is 15.9. The van der Waals surface area contributed by atoms with Crippen LogP contribution >= 0.6 is 0 Å². The zero-order chi connectivity index (χ0) is 18.5. The second-order valence-corrected chi connectivity index (χ2v) is 6.71. The van der Waals surface area contributed by atoms with Crippen molar-refractivity contribution < 1.29 is 9.47 Å². The van der Waals surface area contributed by atoms with Crippen molar-refractivity contribution in [1.82, 2.24) is 20.4 Å². The van der Waals surface area contributed by atoms with E-state index in [0.29, 0.717) is 19.3 Å². The number of fused-ring (bicyclic) bond motifs is 1. The van der Waals surface area contributed by atoms with E-state index in [1.807, 2.05) is 25.1 Å². The number of hydrogen-bond acceptors (Lipinski definition) is 4. The summed E-state index contributed by atoms with van der Waals surface area (Å²) in [5, 5.41) is 11.2. The molecule has 0 spiro atoms. The average molecular weight is 357 g/mol. The fraction of sp³-hybridized carbons (Fsp3) is 0.474. The summed E-state index contributed by atoms with van der Waals surface area (Å²) in [6.07, 6.45) is 0. The fourth-order valence-corrected chi connectivity index (χ4v) is 2.95. The van der Waals surface area contributed by atoms with Crippen LogP contribution in [0.1, 0.15) is 23.9 Å². The van der Waals surface area contributed by atoms with E-state index in [2.05, 4.69) is 45.3 Å². The van der Waals surface area contributed by atoms with Gasteiger partial charge in [0, 0.05) is 32.4 Å². The number of nitrogens with zero attached hydrogens (tertiary/aromatic N) is 3. The largest absolute Gasteiger partial charge is 0.454 e. The van der Waals surface area contributed by atoms with Crippen molar-refractivity contribution in [1.29, 1.82) is 0 Å². The number of rotatable bonds is 6. The summed E-state index contributed by atoms with van der Waals surface area (Å²) in [6, 6.07) is 8.06. The van der Waals surface area contributed by atoms with Crippen molar-refractivity contribution in [2.24, 2.45) is 10.9 Å². The van der Waals surface area contributed by atoms with Gasteiger partial charge in [0.1, 0.15) is 0 Å². The Labute approximate surface area is 154 Å². The van der Waals surface area contributed by atoms with Gasteiger partial charge in [-0.3, -0.25) is 9.67 Å². The maximum atomic E-state index is 5.42. The molecule has 0 saturated heterocycles. The Morgan fingerprint density at radius 2 is 2.04 bits per heavy atom. The first-order chi connectivity index (χ1) is 12.5. The van der Waals surface area contributed by atoms with Crippen LogP contribution in [-0.4, -0.2) is 36.1 Å². The van der Waals surface area contributed by atoms with E-state index in [9.17, 15) is 0 Å². The summed E-state index contributed by atoms with van der Waals surface area (Å²) < 4.78 is 12.8. The van der Waals surface area contributed by atoms with Crippen LogP contribution in [0.15, 0.2) is 29.3 Å². The highest BCUT2D eigenvalue weighted by Gasteiger charge is 2.13. The Hall–Kier alpha value is -2.70. The summed E-state index contributed by atoms with van der Waals surface area (Å²) in [6.45, 7) is 8.98. The molecule has 26 heavy (non-hydrogen) atoms. The maximum Gasteiger partial charge on any atom is 0.231 e. The molecule has 1 aliphatic heterocycles. The van der Waals surface area contributed by atoms with Gasteiger partial charge in [0.2, 0.25) is 6.79 Å². The molecule has 2 aromatic rings. The summed E-state index contributed by atoms with van der Waals surface area (Å²) in [7, 11) is 1.78. The molecule has 1 aliphatic rings. The van der Waals surface area contributed by atoms with Gasteiger partial charge in [-0.05, 0) is 43.5 Å². The molecule has 1 aromatic heterocycles. The maximum absolute atomic E-state index is 5.42. The van der Waals surface area contributed by atoms with Gasteiger partial charge in [-0.1, -0.05) is 13.0 Å². The van der Waals surface area contributed by atoms with Gasteiger partial charge in [0.15, 0.2) is 17.5 Å². The third-order valence-electron chi connectivity index (χ3n) is 4.33. The van der Waals surface area contributed by atoms with Crippen LogP contribution in [0, 0.1) is 19.8 Å². The van der Waals surface area contributed by atoms with Crippen molar-refractivity contribution in [3.63, 3.8) is 0 Å². The number of ether oxygens (including phenoxy) is 2. The first kappa shape index (κ1) is 18.1. The SMILES string of the molecule is CN=C(NCc1ccc2c(c1)OCO2)NCC(C)Cn1nc(C)cc1C. The Morgan fingerprint density at radius 3 is 2.77 bits per heavy atom. The lowest BCUT2D eigenvalue weighted by atomic mass is 10.2. The lowest BCUT2D eigenvalue weighted by molar-refractivity contribution is 0.174. The first-order valence-corrected chi connectivity index (χ1v) is 8.89. The van der Waals surface area contributed by atoms with Gasteiger partial charge in [-0.15, -0.1) is 0 Å². The molecular weight excluding hydrogens is 330 g/mol. The summed E-state index contributed by atoms with van der Waals surface area (Å²) in [4.78, 5) is 4.29. The molecule has 0 fully saturated rings. The minimum absolute atomic E-state index is 0.294. The molecule has 0 amide bonds. The molecular formula is C19H27N5O2. The van der Waals surface area contributed by atoms with Gasteiger partial charge >= 0.3 is 0 Å². The van der Waals surface area contributed by atoms with Crippen LogP contribution in [0.5, 0.6) is 11.5 Å². The molecule has 1 aromatic carbocycles. The molecule has 1 unspecified atom stereocenters. The van der Waals surface area contributed by atoms with E-state index in [4.69, 9.17) is 9.47 Å². The molecule has 140 valence electrons. The number of aromatic nitrogens is 2. The third kappa shape index (κ3) is 4.47. The van der Waals surface area contributed by atoms with Crippen molar-refractivity contribution in [2.75, 3.05) is 20.4 Å². The summed E-state index contributed by atoms with van der Waals surface area (Å²) in [5.41, 5.74) is 3.37. The second kappa shape index (κ2) is 8.12. The molecule has 1 atom stereocenters. The Kier molecular flexibility index (Phi) is 5.65. The van der Waals surface area contributed by atoms with E-state index in [0.717, 1.165) is 41.8 Å². The van der Waals surface area contributed by atoms with Crippen molar-refractivity contribution >= 4 is 5.96 Å². The third-order valence-corrected chi connectivity index (χ3v) is 4.33. The normalized spacial score (nSPS) is 14.4. The lowest BCUT2D eigenvalue weighted by Gasteiger charge is -2.17. The lowest BCUT2D eigenvalue weighted by Crippen LogP contribution is -2.39. The second-order valence-electron chi connectivity index (χ2n) is 6.71. The van der Waals surface area contributed by atoms with Crippen LogP contribution in [0.4, 0.5) is 0 Å². The molecule has 0 radical (unpaired) electrons. The van der Waals surface area contributed by atoms with Gasteiger partial charge in [-0.25, -0.2) is 0 Å². The van der Waals surface area contributed by atoms with Crippen molar-refractivity contribution in [3.8, 4) is 11.5 Å². The predicted octanol–water partition coefficient (Wildman–Crippen LogP) is 2.23. The Bertz CT molecular complexity index is 784. The van der Waals surface area contributed by atoms with E-state index in [1.54, 1.807) is 7.05 Å². The number of guanidine groups is 1. The molecule has 2 N–H and O–H groups in total. The Morgan fingerprint density at radius 1 is 1.23 bits per heavy atom. The van der Waals surface area contributed by atoms with Crippen LogP contribution < -0.4 is 20.1 Å². The average Bonchev–Trinajstić information content (AvgIpc) is 3.20. The fourth-order valence-electron chi connectivity index (χ4n) is 2.95. The highest BCUT2D eigenvalue weighted by Crippen LogP contribution is 2.32. The van der Waals surface area contributed by atoms with Crippen LogP contribution in [-0.2, 0) is 13.1 Å². The van der Waals surface area contributed by atoms with Gasteiger partial charge in [0.25, 0.3) is 0 Å². The first-order valence-electron chi connectivity index (χ1n) is 8.89. The van der Waals surface area contributed by atoms with E-state index >= 15 is 0 Å². The van der Waals surface area contributed by atoms with Crippen molar-refractivity contribution in [3.05, 3.63) is 41.2 Å². The zero-order valence-electron chi connectivity index (χ0n) is 15.9.